The van der Waals surface area contributed by atoms with Gasteiger partial charge in [-0.3, -0.25) is 0 Å². The minimum absolute atomic E-state index is 0.131. The molecule has 1 aromatic rings. The quantitative estimate of drug-likeness (QED) is 0.779. The lowest BCUT2D eigenvalue weighted by Crippen LogP contribution is -2.51. The first-order valence-electron chi connectivity index (χ1n) is 6.36. The Hall–Kier alpha value is -1.06. The zero-order valence-electron chi connectivity index (χ0n) is 10.1. The molecule has 2 N–H and O–H groups in total. The Morgan fingerprint density at radius 3 is 3.00 bits per heavy atom. The van der Waals surface area contributed by atoms with E-state index in [1.807, 2.05) is 13.0 Å². The average Bonchev–Trinajstić information content (AvgIpc) is 2.73. The minimum atomic E-state index is -0.628. The predicted octanol–water partition coefficient (Wildman–Crippen LogP) is 1.95. The molecule has 3 nitrogen and oxygen atoms in total. The van der Waals surface area contributed by atoms with Crippen LogP contribution in [0.2, 0.25) is 0 Å². The number of fused-ring (bicyclic) bond motifs is 1. The van der Waals surface area contributed by atoms with Gasteiger partial charge in [0.05, 0.1) is 17.7 Å². The van der Waals surface area contributed by atoms with Crippen LogP contribution in [0, 0.1) is 0 Å². The Kier molecular flexibility index (Phi) is 2.60. The van der Waals surface area contributed by atoms with Crippen LogP contribution >= 0.6 is 0 Å². The molecule has 2 aliphatic heterocycles. The van der Waals surface area contributed by atoms with Crippen molar-refractivity contribution in [2.75, 3.05) is 11.9 Å². The predicted molar refractivity (Wildman–Crippen MR) is 67.2 cm³/mol. The molecule has 0 radical (unpaired) electrons. The van der Waals surface area contributed by atoms with Crippen molar-refractivity contribution in [2.45, 2.75) is 43.9 Å². The molecule has 3 atom stereocenters. The number of hydrogen-bond acceptors (Lipinski definition) is 3. The fraction of sp³-hybridized carbons (Fsp3) is 0.571. The highest BCUT2D eigenvalue weighted by atomic mass is 16.5. The molecule has 3 unspecified atom stereocenters. The smallest absolute Gasteiger partial charge is 0.0897 e. The Morgan fingerprint density at radius 2 is 2.24 bits per heavy atom. The third-order valence-corrected chi connectivity index (χ3v) is 4.00. The van der Waals surface area contributed by atoms with Crippen molar-refractivity contribution in [3.05, 3.63) is 29.8 Å². The number of rotatable bonds is 1. The second-order valence-corrected chi connectivity index (χ2v) is 5.30. The summed E-state index contributed by atoms with van der Waals surface area (Å²) in [6, 6.07) is 8.44. The fourth-order valence-electron chi connectivity index (χ4n) is 3.03. The molecule has 0 bridgehead atoms. The number of ether oxygens (including phenoxy) is 1. The van der Waals surface area contributed by atoms with Crippen LogP contribution in [0.4, 0.5) is 5.69 Å². The molecule has 92 valence electrons. The summed E-state index contributed by atoms with van der Waals surface area (Å²) in [5, 5.41) is 14.2. The molecule has 0 saturated carbocycles. The molecule has 0 aromatic heterocycles. The monoisotopic (exact) mass is 233 g/mol. The molecule has 2 heterocycles. The Bertz CT molecular complexity index is 395. The normalized spacial score (nSPS) is 36.4. The zero-order chi connectivity index (χ0) is 11.9. The highest BCUT2D eigenvalue weighted by Gasteiger charge is 2.43. The SMILES string of the molecule is CC1CC(O)(C2Cc3ccccc3N2)CCO1. The van der Waals surface area contributed by atoms with Crippen LogP contribution in [0.1, 0.15) is 25.3 Å². The molecule has 17 heavy (non-hydrogen) atoms. The number of nitrogens with one attached hydrogen (secondary N) is 1. The Labute approximate surface area is 102 Å². The summed E-state index contributed by atoms with van der Waals surface area (Å²) in [5.74, 6) is 0. The molecular weight excluding hydrogens is 214 g/mol. The van der Waals surface area contributed by atoms with E-state index < -0.39 is 5.60 Å². The van der Waals surface area contributed by atoms with Crippen molar-refractivity contribution in [3.8, 4) is 0 Å². The third-order valence-electron chi connectivity index (χ3n) is 4.00. The van der Waals surface area contributed by atoms with E-state index in [9.17, 15) is 5.11 Å². The van der Waals surface area contributed by atoms with Crippen LogP contribution in [0.5, 0.6) is 0 Å². The molecule has 1 aromatic carbocycles. The van der Waals surface area contributed by atoms with Crippen molar-refractivity contribution in [1.82, 2.24) is 0 Å². The number of benzene rings is 1. The minimum Gasteiger partial charge on any atom is -0.388 e. The molecule has 2 aliphatic rings. The van der Waals surface area contributed by atoms with Crippen molar-refractivity contribution >= 4 is 5.69 Å². The second-order valence-electron chi connectivity index (χ2n) is 5.30. The molecule has 3 heteroatoms. The van der Waals surface area contributed by atoms with Crippen molar-refractivity contribution in [3.63, 3.8) is 0 Å². The molecule has 1 saturated heterocycles. The van der Waals surface area contributed by atoms with Crippen molar-refractivity contribution in [2.24, 2.45) is 0 Å². The number of para-hydroxylation sites is 1. The van der Waals surface area contributed by atoms with E-state index in [2.05, 4.69) is 23.5 Å². The van der Waals surface area contributed by atoms with Gasteiger partial charge in [0.15, 0.2) is 0 Å². The first-order valence-corrected chi connectivity index (χ1v) is 6.36. The maximum atomic E-state index is 10.8. The van der Waals surface area contributed by atoms with Gasteiger partial charge < -0.3 is 15.2 Å². The van der Waals surface area contributed by atoms with Gasteiger partial charge in [-0.15, -0.1) is 0 Å². The molecule has 0 spiro atoms. The zero-order valence-corrected chi connectivity index (χ0v) is 10.1. The van der Waals surface area contributed by atoms with Crippen LogP contribution in [-0.4, -0.2) is 29.5 Å². The van der Waals surface area contributed by atoms with Crippen molar-refractivity contribution < 1.29 is 9.84 Å². The van der Waals surface area contributed by atoms with Gasteiger partial charge in [0.2, 0.25) is 0 Å². The summed E-state index contributed by atoms with van der Waals surface area (Å²) in [6.45, 7) is 2.69. The first kappa shape index (κ1) is 11.1. The van der Waals surface area contributed by atoms with E-state index in [0.29, 0.717) is 6.61 Å². The molecule has 1 fully saturated rings. The van der Waals surface area contributed by atoms with Gasteiger partial charge >= 0.3 is 0 Å². The van der Waals surface area contributed by atoms with Gasteiger partial charge in [0.25, 0.3) is 0 Å². The molecule has 0 amide bonds. The van der Waals surface area contributed by atoms with E-state index in [0.717, 1.165) is 19.3 Å². The highest BCUT2D eigenvalue weighted by Crippen LogP contribution is 2.36. The van der Waals surface area contributed by atoms with E-state index in [1.165, 1.54) is 11.3 Å². The summed E-state index contributed by atoms with van der Waals surface area (Å²) in [4.78, 5) is 0. The van der Waals surface area contributed by atoms with Gasteiger partial charge in [0.1, 0.15) is 0 Å². The average molecular weight is 233 g/mol. The standard InChI is InChI=1S/C14H19NO2/c1-10-9-14(16,6-7-17-10)13-8-11-4-2-3-5-12(11)15-13/h2-5,10,13,15-16H,6-9H2,1H3. The third kappa shape index (κ3) is 1.94. The maximum absolute atomic E-state index is 10.8. The van der Waals surface area contributed by atoms with Crippen LogP contribution < -0.4 is 5.32 Å². The molecule has 0 aliphatic carbocycles. The summed E-state index contributed by atoms with van der Waals surface area (Å²) < 4.78 is 5.52. The highest BCUT2D eigenvalue weighted by molar-refractivity contribution is 5.57. The van der Waals surface area contributed by atoms with Gasteiger partial charge in [-0.05, 0) is 25.0 Å². The summed E-state index contributed by atoms with van der Waals surface area (Å²) in [7, 11) is 0. The lowest BCUT2D eigenvalue weighted by Gasteiger charge is -2.40. The summed E-state index contributed by atoms with van der Waals surface area (Å²) >= 11 is 0. The summed E-state index contributed by atoms with van der Waals surface area (Å²) in [6.07, 6.45) is 2.51. The van der Waals surface area contributed by atoms with Crippen molar-refractivity contribution in [1.29, 1.82) is 0 Å². The lowest BCUT2D eigenvalue weighted by molar-refractivity contribution is -0.104. The van der Waals surface area contributed by atoms with E-state index in [1.54, 1.807) is 0 Å². The lowest BCUT2D eigenvalue weighted by atomic mass is 9.82. The maximum Gasteiger partial charge on any atom is 0.0897 e. The second kappa shape index (κ2) is 4.00. The Balaban J connectivity index is 1.79. The van der Waals surface area contributed by atoms with E-state index >= 15 is 0 Å². The largest absolute Gasteiger partial charge is 0.388 e. The van der Waals surface area contributed by atoms with Crippen LogP contribution in [0.25, 0.3) is 0 Å². The van der Waals surface area contributed by atoms with Gasteiger partial charge in [-0.1, -0.05) is 18.2 Å². The van der Waals surface area contributed by atoms with Gasteiger partial charge in [-0.2, -0.15) is 0 Å². The number of hydrogen-bond donors (Lipinski definition) is 2. The molecule has 3 rings (SSSR count). The van der Waals surface area contributed by atoms with Crippen LogP contribution in [-0.2, 0) is 11.2 Å². The van der Waals surface area contributed by atoms with Crippen LogP contribution in [0.3, 0.4) is 0 Å². The number of aliphatic hydroxyl groups is 1. The van der Waals surface area contributed by atoms with Gasteiger partial charge in [0, 0.05) is 25.1 Å². The van der Waals surface area contributed by atoms with E-state index in [-0.39, 0.29) is 12.1 Å². The topological polar surface area (TPSA) is 41.5 Å². The van der Waals surface area contributed by atoms with Gasteiger partial charge in [-0.25, -0.2) is 0 Å². The molecular formula is C14H19NO2. The van der Waals surface area contributed by atoms with Crippen LogP contribution in [0.15, 0.2) is 24.3 Å². The Morgan fingerprint density at radius 1 is 1.41 bits per heavy atom. The summed E-state index contributed by atoms with van der Waals surface area (Å²) in [5.41, 5.74) is 1.85. The number of anilines is 1. The fourth-order valence-corrected chi connectivity index (χ4v) is 3.03. The first-order chi connectivity index (χ1) is 8.17. The van der Waals surface area contributed by atoms with E-state index in [4.69, 9.17) is 4.74 Å².